The molecule has 0 saturated heterocycles. The third-order valence-electron chi connectivity index (χ3n) is 1.97. The summed E-state index contributed by atoms with van der Waals surface area (Å²) >= 11 is 0. The van der Waals surface area contributed by atoms with Crippen molar-refractivity contribution in [3.63, 3.8) is 0 Å². The average Bonchev–Trinajstić information content (AvgIpc) is 2.64. The van der Waals surface area contributed by atoms with Crippen LogP contribution in [0.4, 0.5) is 0 Å². The van der Waals surface area contributed by atoms with Gasteiger partial charge in [0.25, 0.3) is 0 Å². The highest BCUT2D eigenvalue weighted by atomic mass is 17.2. The van der Waals surface area contributed by atoms with Gasteiger partial charge in [-0.2, -0.15) is 4.89 Å². The van der Waals surface area contributed by atoms with E-state index in [9.17, 15) is 0 Å². The van der Waals surface area contributed by atoms with E-state index < -0.39 is 0 Å². The molecule has 4 heteroatoms. The van der Waals surface area contributed by atoms with Crippen molar-refractivity contribution in [1.82, 2.24) is 9.97 Å². The zero-order chi connectivity index (χ0) is 7.97. The summed E-state index contributed by atoms with van der Waals surface area (Å²) in [6.45, 7) is 0.518. The van der Waals surface area contributed by atoms with E-state index in [0.717, 1.165) is 22.3 Å². The molecule has 3 rings (SSSR count). The summed E-state index contributed by atoms with van der Waals surface area (Å²) in [4.78, 5) is 16.9. The maximum Gasteiger partial charge on any atom is 0.173 e. The fourth-order valence-corrected chi connectivity index (χ4v) is 1.35. The third kappa shape index (κ3) is 0.670. The zero-order valence-electron chi connectivity index (χ0n) is 6.20. The molecule has 0 aliphatic carbocycles. The molecular weight excluding hydrogens is 156 g/mol. The Kier molecular flexibility index (Phi) is 0.995. The van der Waals surface area contributed by atoms with Gasteiger partial charge in [-0.25, -0.2) is 4.98 Å². The quantitative estimate of drug-likeness (QED) is 0.595. The number of nitrogens with one attached hydrogen (secondary N) is 1. The molecule has 4 nitrogen and oxygen atoms in total. The Labute approximate surface area is 68.1 Å². The molecule has 1 aliphatic rings. The topological polar surface area (TPSA) is 47.1 Å². The molecule has 0 bridgehead atoms. The number of hydrogen-bond donors (Lipinski definition) is 1. The van der Waals surface area contributed by atoms with Crippen LogP contribution in [0, 0.1) is 0 Å². The Balaban J connectivity index is 2.38. The third-order valence-corrected chi connectivity index (χ3v) is 1.97. The number of rotatable bonds is 0. The van der Waals surface area contributed by atoms with Crippen LogP contribution in [0.1, 0.15) is 5.56 Å². The molecule has 12 heavy (non-hydrogen) atoms. The van der Waals surface area contributed by atoms with Crippen molar-refractivity contribution in [2.45, 2.75) is 6.61 Å². The number of nitrogens with zero attached hydrogens (tertiary/aromatic N) is 1. The van der Waals surface area contributed by atoms with Gasteiger partial charge in [-0.1, -0.05) is 0 Å². The second kappa shape index (κ2) is 1.98. The van der Waals surface area contributed by atoms with Crippen molar-refractivity contribution in [2.75, 3.05) is 0 Å². The molecule has 1 aromatic heterocycles. The first-order chi connectivity index (χ1) is 5.93. The van der Waals surface area contributed by atoms with Crippen LogP contribution in [0.3, 0.4) is 0 Å². The van der Waals surface area contributed by atoms with Crippen molar-refractivity contribution in [1.29, 1.82) is 0 Å². The fraction of sp³-hybridized carbons (Fsp3) is 0.125. The molecule has 1 aromatic carbocycles. The van der Waals surface area contributed by atoms with E-state index in [1.54, 1.807) is 6.33 Å². The van der Waals surface area contributed by atoms with Crippen molar-refractivity contribution in [3.8, 4) is 5.75 Å². The number of benzene rings is 1. The van der Waals surface area contributed by atoms with E-state index in [4.69, 9.17) is 9.78 Å². The van der Waals surface area contributed by atoms with E-state index >= 15 is 0 Å². The highest BCUT2D eigenvalue weighted by Crippen LogP contribution is 2.29. The molecule has 1 aliphatic heterocycles. The van der Waals surface area contributed by atoms with Crippen LogP contribution in [-0.2, 0) is 11.5 Å². The monoisotopic (exact) mass is 162 g/mol. The van der Waals surface area contributed by atoms with Gasteiger partial charge in [-0.3, -0.25) is 0 Å². The lowest BCUT2D eigenvalue weighted by atomic mass is 10.2. The smallest absolute Gasteiger partial charge is 0.173 e. The minimum atomic E-state index is 0.518. The van der Waals surface area contributed by atoms with Gasteiger partial charge in [0, 0.05) is 11.6 Å². The maximum absolute atomic E-state index is 4.92. The Morgan fingerprint density at radius 1 is 1.42 bits per heavy atom. The second-order valence-electron chi connectivity index (χ2n) is 2.73. The van der Waals surface area contributed by atoms with Crippen molar-refractivity contribution in [2.24, 2.45) is 0 Å². The maximum atomic E-state index is 4.92. The van der Waals surface area contributed by atoms with E-state index in [2.05, 4.69) is 9.97 Å². The lowest BCUT2D eigenvalue weighted by Gasteiger charge is -1.93. The van der Waals surface area contributed by atoms with Crippen LogP contribution in [0.25, 0.3) is 11.0 Å². The van der Waals surface area contributed by atoms with E-state index in [0.29, 0.717) is 6.61 Å². The largest absolute Gasteiger partial charge is 0.345 e. The second-order valence-corrected chi connectivity index (χ2v) is 2.73. The summed E-state index contributed by atoms with van der Waals surface area (Å²) in [5.74, 6) is 0.773. The molecule has 0 amide bonds. The lowest BCUT2D eigenvalue weighted by Crippen LogP contribution is -1.81. The molecule has 0 atom stereocenters. The van der Waals surface area contributed by atoms with Gasteiger partial charge in [-0.15, -0.1) is 0 Å². The van der Waals surface area contributed by atoms with Gasteiger partial charge in [-0.05, 0) is 6.07 Å². The van der Waals surface area contributed by atoms with Crippen LogP contribution in [0.15, 0.2) is 18.5 Å². The number of imidazole rings is 1. The Morgan fingerprint density at radius 3 is 3.42 bits per heavy atom. The fourth-order valence-electron chi connectivity index (χ4n) is 1.35. The van der Waals surface area contributed by atoms with E-state index in [-0.39, 0.29) is 0 Å². The first kappa shape index (κ1) is 6.02. The van der Waals surface area contributed by atoms with Gasteiger partial charge < -0.3 is 9.87 Å². The van der Waals surface area contributed by atoms with Crippen LogP contribution >= 0.6 is 0 Å². The summed E-state index contributed by atoms with van der Waals surface area (Å²) < 4.78 is 0. The first-order valence-corrected chi connectivity index (χ1v) is 3.69. The number of H-pyrrole nitrogens is 1. The van der Waals surface area contributed by atoms with E-state index in [1.807, 2.05) is 12.1 Å². The molecule has 0 unspecified atom stereocenters. The standard InChI is InChI=1S/C8H6N2O2/c1-5-3-11-12-8(5)2-7-6(1)9-4-10-7/h1-2,4H,3H2,(H,9,10). The minimum Gasteiger partial charge on any atom is -0.345 e. The van der Waals surface area contributed by atoms with E-state index in [1.165, 1.54) is 0 Å². The number of fused-ring (bicyclic) bond motifs is 2. The van der Waals surface area contributed by atoms with Gasteiger partial charge in [0.1, 0.15) is 6.61 Å². The van der Waals surface area contributed by atoms with Gasteiger partial charge >= 0.3 is 0 Å². The first-order valence-electron chi connectivity index (χ1n) is 3.69. The molecule has 0 saturated carbocycles. The molecule has 2 aromatic rings. The van der Waals surface area contributed by atoms with Crippen LogP contribution in [0.5, 0.6) is 5.75 Å². The Hall–Kier alpha value is -1.55. The van der Waals surface area contributed by atoms with Gasteiger partial charge in [0.2, 0.25) is 0 Å². The Bertz CT molecular complexity index is 398. The molecule has 1 N–H and O–H groups in total. The molecule has 60 valence electrons. The molecule has 0 fully saturated rings. The summed E-state index contributed by atoms with van der Waals surface area (Å²) in [5.41, 5.74) is 2.98. The molecule has 0 radical (unpaired) electrons. The highest BCUT2D eigenvalue weighted by molar-refractivity contribution is 5.77. The Morgan fingerprint density at radius 2 is 2.42 bits per heavy atom. The molecule has 0 spiro atoms. The highest BCUT2D eigenvalue weighted by Gasteiger charge is 2.14. The van der Waals surface area contributed by atoms with Crippen molar-refractivity contribution < 1.29 is 9.78 Å². The van der Waals surface area contributed by atoms with Gasteiger partial charge in [0.05, 0.1) is 17.4 Å². The van der Waals surface area contributed by atoms with Gasteiger partial charge in [0.15, 0.2) is 5.75 Å². The normalized spacial score (nSPS) is 14.7. The SMILES string of the molecule is c1nc2cc3c(cc2[nH]1)COO3. The number of aromatic nitrogens is 2. The number of aromatic amines is 1. The number of hydrogen-bond acceptors (Lipinski definition) is 3. The van der Waals surface area contributed by atoms with Crippen LogP contribution in [0.2, 0.25) is 0 Å². The summed E-state index contributed by atoms with van der Waals surface area (Å²) in [7, 11) is 0. The summed E-state index contributed by atoms with van der Waals surface area (Å²) in [5, 5.41) is 0. The predicted octanol–water partition coefficient (Wildman–Crippen LogP) is 1.39. The average molecular weight is 162 g/mol. The molecular formula is C8H6N2O2. The lowest BCUT2D eigenvalue weighted by molar-refractivity contribution is -0.194. The van der Waals surface area contributed by atoms with Crippen molar-refractivity contribution in [3.05, 3.63) is 24.0 Å². The summed E-state index contributed by atoms with van der Waals surface area (Å²) in [6, 6.07) is 3.86. The minimum absolute atomic E-state index is 0.518. The predicted molar refractivity (Wildman–Crippen MR) is 41.5 cm³/mol. The van der Waals surface area contributed by atoms with Crippen LogP contribution in [-0.4, -0.2) is 9.97 Å². The zero-order valence-corrected chi connectivity index (χ0v) is 6.20. The molecule has 2 heterocycles. The van der Waals surface area contributed by atoms with Crippen LogP contribution < -0.4 is 4.89 Å². The summed E-state index contributed by atoms with van der Waals surface area (Å²) in [6.07, 6.45) is 1.67. The van der Waals surface area contributed by atoms with Crippen molar-refractivity contribution >= 4 is 11.0 Å².